The van der Waals surface area contributed by atoms with Crippen molar-refractivity contribution in [2.24, 2.45) is 5.92 Å². The average Bonchev–Trinajstić information content (AvgIpc) is 2.91. The Bertz CT molecular complexity index is 468. The lowest BCUT2D eigenvalue weighted by Gasteiger charge is -2.19. The molecule has 0 radical (unpaired) electrons. The summed E-state index contributed by atoms with van der Waals surface area (Å²) in [6.45, 7) is 5.08. The van der Waals surface area contributed by atoms with Gasteiger partial charge in [-0.3, -0.25) is 4.79 Å². The summed E-state index contributed by atoms with van der Waals surface area (Å²) in [6, 6.07) is 2.88. The fourth-order valence-corrected chi connectivity index (χ4v) is 2.06. The monoisotopic (exact) mass is 296 g/mol. The van der Waals surface area contributed by atoms with E-state index in [1.165, 1.54) is 7.11 Å². The Hall–Kier alpha value is -1.82. The number of carbonyl (C=O) groups excluding carboxylic acids is 2. The summed E-state index contributed by atoms with van der Waals surface area (Å²) < 4.78 is 11.6. The summed E-state index contributed by atoms with van der Waals surface area (Å²) in [6.07, 6.45) is 2.35. The molecule has 1 heterocycles. The Balaban J connectivity index is 2.77. The number of nitrogens with one attached hydrogen (secondary N) is 1. The number of ether oxygens (including phenoxy) is 2. The second-order valence-corrected chi connectivity index (χ2v) is 5.26. The maximum atomic E-state index is 12.3. The summed E-state index contributed by atoms with van der Waals surface area (Å²) in [5.74, 6) is -0.436. The molecule has 1 atom stereocenters. The summed E-state index contributed by atoms with van der Waals surface area (Å²) in [5, 5.41) is 2.74. The van der Waals surface area contributed by atoms with Crippen LogP contribution in [-0.4, -0.2) is 43.3 Å². The van der Waals surface area contributed by atoms with Gasteiger partial charge in [0, 0.05) is 19.9 Å². The van der Waals surface area contributed by atoms with Crippen molar-refractivity contribution in [3.8, 4) is 0 Å². The van der Waals surface area contributed by atoms with Crippen LogP contribution in [0.5, 0.6) is 0 Å². The third-order valence-electron chi connectivity index (χ3n) is 3.10. The minimum atomic E-state index is -0.631. The SMILES string of the molecule is COCCn1cccc1C(=O)NC(CC(C)C)C(=O)OC. The molecule has 1 aromatic rings. The van der Waals surface area contributed by atoms with Crippen molar-refractivity contribution >= 4 is 11.9 Å². The number of aromatic nitrogens is 1. The molecule has 1 rings (SSSR count). The van der Waals surface area contributed by atoms with Gasteiger partial charge in [0.25, 0.3) is 5.91 Å². The summed E-state index contributed by atoms with van der Waals surface area (Å²) in [5.41, 5.74) is 0.504. The van der Waals surface area contributed by atoms with Crippen molar-refractivity contribution in [2.75, 3.05) is 20.8 Å². The third kappa shape index (κ3) is 5.23. The molecule has 0 spiro atoms. The van der Waals surface area contributed by atoms with Crippen molar-refractivity contribution < 1.29 is 19.1 Å². The van der Waals surface area contributed by atoms with E-state index >= 15 is 0 Å². The Morgan fingerprint density at radius 2 is 2.05 bits per heavy atom. The van der Waals surface area contributed by atoms with Crippen LogP contribution in [0.3, 0.4) is 0 Å². The maximum absolute atomic E-state index is 12.3. The van der Waals surface area contributed by atoms with Crippen LogP contribution in [0.25, 0.3) is 0 Å². The highest BCUT2D eigenvalue weighted by Gasteiger charge is 2.24. The zero-order valence-electron chi connectivity index (χ0n) is 13.1. The van der Waals surface area contributed by atoms with Gasteiger partial charge in [-0.1, -0.05) is 13.8 Å². The van der Waals surface area contributed by atoms with E-state index in [1.807, 2.05) is 20.0 Å². The zero-order chi connectivity index (χ0) is 15.8. The molecule has 0 bridgehead atoms. The van der Waals surface area contributed by atoms with Gasteiger partial charge in [-0.25, -0.2) is 4.79 Å². The van der Waals surface area contributed by atoms with Gasteiger partial charge >= 0.3 is 5.97 Å². The van der Waals surface area contributed by atoms with Gasteiger partial charge in [-0.2, -0.15) is 0 Å². The van der Waals surface area contributed by atoms with Gasteiger partial charge in [0.05, 0.1) is 13.7 Å². The van der Waals surface area contributed by atoms with E-state index in [0.717, 1.165) is 0 Å². The highest BCUT2D eigenvalue weighted by molar-refractivity contribution is 5.95. The van der Waals surface area contributed by atoms with Crippen molar-refractivity contribution in [1.82, 2.24) is 9.88 Å². The van der Waals surface area contributed by atoms with Gasteiger partial charge in [0.15, 0.2) is 0 Å². The van der Waals surface area contributed by atoms with Gasteiger partial charge in [-0.05, 0) is 24.5 Å². The highest BCUT2D eigenvalue weighted by Crippen LogP contribution is 2.09. The lowest BCUT2D eigenvalue weighted by atomic mass is 10.0. The molecule has 0 saturated heterocycles. The quantitative estimate of drug-likeness (QED) is 0.737. The first kappa shape index (κ1) is 17.2. The lowest BCUT2D eigenvalue weighted by Crippen LogP contribution is -2.43. The Morgan fingerprint density at radius 1 is 1.33 bits per heavy atom. The van der Waals surface area contributed by atoms with Crippen molar-refractivity contribution in [2.45, 2.75) is 32.9 Å². The normalized spacial score (nSPS) is 12.2. The molecule has 0 aliphatic heterocycles. The van der Waals surface area contributed by atoms with Crippen LogP contribution in [0, 0.1) is 5.92 Å². The molecule has 0 fully saturated rings. The van der Waals surface area contributed by atoms with Crippen LogP contribution in [0.15, 0.2) is 18.3 Å². The van der Waals surface area contributed by atoms with E-state index in [1.54, 1.807) is 23.8 Å². The predicted octanol–water partition coefficient (Wildman–Crippen LogP) is 1.45. The first-order valence-corrected chi connectivity index (χ1v) is 7.02. The molecule has 1 aromatic heterocycles. The number of hydrogen-bond donors (Lipinski definition) is 1. The first-order valence-electron chi connectivity index (χ1n) is 7.02. The minimum Gasteiger partial charge on any atom is -0.467 e. The second-order valence-electron chi connectivity index (χ2n) is 5.26. The standard InChI is InChI=1S/C15H24N2O4/c1-11(2)10-12(15(19)21-4)16-14(18)13-6-5-7-17(13)8-9-20-3/h5-7,11-12H,8-10H2,1-4H3,(H,16,18). The largest absolute Gasteiger partial charge is 0.467 e. The average molecular weight is 296 g/mol. The lowest BCUT2D eigenvalue weighted by molar-refractivity contribution is -0.143. The van der Waals surface area contributed by atoms with E-state index in [9.17, 15) is 9.59 Å². The molecule has 0 aliphatic carbocycles. The molecule has 6 nitrogen and oxygen atoms in total. The Morgan fingerprint density at radius 3 is 2.62 bits per heavy atom. The van der Waals surface area contributed by atoms with Gasteiger partial charge < -0.3 is 19.4 Å². The topological polar surface area (TPSA) is 69.6 Å². The molecule has 21 heavy (non-hydrogen) atoms. The number of rotatable bonds is 8. The number of carbonyl (C=O) groups is 2. The Labute approximate surface area is 125 Å². The van der Waals surface area contributed by atoms with E-state index in [0.29, 0.717) is 25.3 Å². The van der Waals surface area contributed by atoms with Gasteiger partial charge in [0.1, 0.15) is 11.7 Å². The molecule has 0 aromatic carbocycles. The maximum Gasteiger partial charge on any atom is 0.328 e. The van der Waals surface area contributed by atoms with Gasteiger partial charge in [0.2, 0.25) is 0 Å². The minimum absolute atomic E-state index is 0.273. The third-order valence-corrected chi connectivity index (χ3v) is 3.10. The number of hydrogen-bond acceptors (Lipinski definition) is 4. The molecular weight excluding hydrogens is 272 g/mol. The smallest absolute Gasteiger partial charge is 0.328 e. The number of amides is 1. The summed E-state index contributed by atoms with van der Waals surface area (Å²) in [7, 11) is 2.93. The van der Waals surface area contributed by atoms with Crippen molar-refractivity contribution in [1.29, 1.82) is 0 Å². The molecule has 0 saturated carbocycles. The van der Waals surface area contributed by atoms with E-state index in [-0.39, 0.29) is 11.8 Å². The fraction of sp³-hybridized carbons (Fsp3) is 0.600. The molecule has 0 aliphatic rings. The molecule has 1 unspecified atom stereocenters. The number of esters is 1. The highest BCUT2D eigenvalue weighted by atomic mass is 16.5. The van der Waals surface area contributed by atoms with E-state index < -0.39 is 12.0 Å². The molecular formula is C15H24N2O4. The summed E-state index contributed by atoms with van der Waals surface area (Å²) in [4.78, 5) is 24.1. The first-order chi connectivity index (χ1) is 9.99. The zero-order valence-corrected chi connectivity index (χ0v) is 13.1. The van der Waals surface area contributed by atoms with E-state index in [4.69, 9.17) is 9.47 Å². The number of nitrogens with zero attached hydrogens (tertiary/aromatic N) is 1. The van der Waals surface area contributed by atoms with Crippen LogP contribution in [0.2, 0.25) is 0 Å². The Kier molecular flexibility index (Phi) is 6.94. The molecule has 118 valence electrons. The number of methoxy groups -OCH3 is 2. The van der Waals surface area contributed by atoms with Crippen LogP contribution < -0.4 is 5.32 Å². The second kappa shape index (κ2) is 8.46. The molecule has 6 heteroatoms. The predicted molar refractivity (Wildman–Crippen MR) is 79.0 cm³/mol. The van der Waals surface area contributed by atoms with Gasteiger partial charge in [-0.15, -0.1) is 0 Å². The van der Waals surface area contributed by atoms with E-state index in [2.05, 4.69) is 5.32 Å². The molecule has 1 amide bonds. The van der Waals surface area contributed by atoms with Crippen LogP contribution >= 0.6 is 0 Å². The van der Waals surface area contributed by atoms with Crippen molar-refractivity contribution in [3.63, 3.8) is 0 Å². The van der Waals surface area contributed by atoms with Crippen LogP contribution in [0.1, 0.15) is 30.8 Å². The van der Waals surface area contributed by atoms with Crippen LogP contribution in [0.4, 0.5) is 0 Å². The fourth-order valence-electron chi connectivity index (χ4n) is 2.06. The van der Waals surface area contributed by atoms with Crippen LogP contribution in [-0.2, 0) is 20.8 Å². The van der Waals surface area contributed by atoms with Crippen molar-refractivity contribution in [3.05, 3.63) is 24.0 Å². The molecule has 1 N–H and O–H groups in total. The summed E-state index contributed by atoms with van der Waals surface area (Å²) >= 11 is 0.